The Labute approximate surface area is 130 Å². The Morgan fingerprint density at radius 2 is 2.25 bits per heavy atom. The van der Waals surface area contributed by atoms with E-state index in [0.29, 0.717) is 0 Å². The van der Waals surface area contributed by atoms with Gasteiger partial charge in [-0.3, -0.25) is 4.79 Å². The van der Waals surface area contributed by atoms with Crippen molar-refractivity contribution in [3.63, 3.8) is 0 Å². The van der Waals surface area contributed by atoms with Crippen molar-refractivity contribution in [3.05, 3.63) is 55.7 Å². The Balaban J connectivity index is 2.03. The maximum Gasteiger partial charge on any atom is 0.251 e. The summed E-state index contributed by atoms with van der Waals surface area (Å²) in [6, 6.07) is 8.36. The van der Waals surface area contributed by atoms with Gasteiger partial charge in [-0.05, 0) is 58.0 Å². The molecule has 0 aliphatic carbocycles. The predicted octanol–water partition coefficient (Wildman–Crippen LogP) is 3.11. The smallest absolute Gasteiger partial charge is 0.251 e. The summed E-state index contributed by atoms with van der Waals surface area (Å²) in [5.74, 6) is 0.0354. The van der Waals surface area contributed by atoms with Crippen LogP contribution in [0.25, 0.3) is 0 Å². The third kappa shape index (κ3) is 2.41. The number of rotatable bonds is 3. The Morgan fingerprint density at radius 1 is 1.40 bits per heavy atom. The van der Waals surface area contributed by atoms with Crippen LogP contribution in [0.5, 0.6) is 0 Å². The molecule has 3 rings (SSSR count). The average molecular weight is 351 g/mol. The molecule has 2 heterocycles. The highest BCUT2D eigenvalue weighted by molar-refractivity contribution is 9.10. The lowest BCUT2D eigenvalue weighted by Crippen LogP contribution is -2.32. The monoisotopic (exact) mass is 350 g/mol. The van der Waals surface area contributed by atoms with Crippen LogP contribution in [-0.2, 0) is 6.42 Å². The van der Waals surface area contributed by atoms with E-state index in [1.54, 1.807) is 11.3 Å². The van der Waals surface area contributed by atoms with Gasteiger partial charge in [0.15, 0.2) is 0 Å². The quantitative estimate of drug-likeness (QED) is 0.892. The topological polar surface area (TPSA) is 41.1 Å². The molecule has 0 radical (unpaired) electrons. The maximum absolute atomic E-state index is 12.0. The predicted molar refractivity (Wildman–Crippen MR) is 85.4 cm³/mol. The summed E-state index contributed by atoms with van der Waals surface area (Å²) in [7, 11) is 1.94. The van der Waals surface area contributed by atoms with Gasteiger partial charge in [0.05, 0.1) is 6.04 Å². The lowest BCUT2D eigenvalue weighted by atomic mass is 9.95. The average Bonchev–Trinajstić information content (AvgIpc) is 2.87. The molecule has 104 valence electrons. The van der Waals surface area contributed by atoms with E-state index in [2.05, 4.69) is 50.1 Å². The van der Waals surface area contributed by atoms with Crippen LogP contribution in [0.3, 0.4) is 0 Å². The first-order valence-electron chi connectivity index (χ1n) is 6.52. The fourth-order valence-corrected chi connectivity index (χ4v) is 4.31. The van der Waals surface area contributed by atoms with Gasteiger partial charge in [0, 0.05) is 21.5 Å². The van der Waals surface area contributed by atoms with Gasteiger partial charge in [-0.15, -0.1) is 11.3 Å². The molecule has 1 amide bonds. The van der Waals surface area contributed by atoms with E-state index >= 15 is 0 Å². The van der Waals surface area contributed by atoms with E-state index in [1.165, 1.54) is 4.88 Å². The number of thiophene rings is 1. The Hall–Kier alpha value is -1.17. The van der Waals surface area contributed by atoms with Crippen molar-refractivity contribution < 1.29 is 4.79 Å². The molecule has 0 saturated carbocycles. The molecule has 1 atom stereocenters. The van der Waals surface area contributed by atoms with Crippen LogP contribution in [0, 0.1) is 0 Å². The number of carbonyl (C=O) groups excluding carboxylic acids is 1. The highest BCUT2D eigenvalue weighted by Crippen LogP contribution is 2.33. The zero-order valence-corrected chi connectivity index (χ0v) is 13.5. The van der Waals surface area contributed by atoms with Gasteiger partial charge in [-0.2, -0.15) is 0 Å². The number of benzene rings is 1. The van der Waals surface area contributed by atoms with Gasteiger partial charge in [-0.1, -0.05) is 12.1 Å². The van der Waals surface area contributed by atoms with Crippen LogP contribution in [0.15, 0.2) is 34.1 Å². The van der Waals surface area contributed by atoms with Gasteiger partial charge >= 0.3 is 0 Å². The van der Waals surface area contributed by atoms with Gasteiger partial charge < -0.3 is 10.6 Å². The number of amides is 1. The fourth-order valence-electron chi connectivity index (χ4n) is 2.57. The highest BCUT2D eigenvalue weighted by atomic mass is 79.9. The Kier molecular flexibility index (Phi) is 3.92. The van der Waals surface area contributed by atoms with Gasteiger partial charge in [0.25, 0.3) is 5.91 Å². The van der Waals surface area contributed by atoms with Crippen LogP contribution in [0.4, 0.5) is 0 Å². The normalized spacial score (nSPS) is 15.6. The SMILES string of the molecule is CNC(c1ccc2c(c1)C(=O)NCC2)c1sccc1Br. The molecule has 1 aromatic carbocycles. The molecular formula is C15H15BrN2OS. The number of fused-ring (bicyclic) bond motifs is 1. The third-order valence-electron chi connectivity index (χ3n) is 3.59. The minimum atomic E-state index is 0.0354. The summed E-state index contributed by atoms with van der Waals surface area (Å²) in [5.41, 5.74) is 3.06. The van der Waals surface area contributed by atoms with Crippen LogP contribution >= 0.6 is 27.3 Å². The summed E-state index contributed by atoms with van der Waals surface area (Å²) in [6.45, 7) is 0.733. The van der Waals surface area contributed by atoms with Crippen molar-refractivity contribution in [2.24, 2.45) is 0 Å². The number of halogens is 1. The molecule has 1 aliphatic rings. The second-order valence-electron chi connectivity index (χ2n) is 4.78. The highest BCUT2D eigenvalue weighted by Gasteiger charge is 2.21. The molecule has 0 spiro atoms. The third-order valence-corrected chi connectivity index (χ3v) is 5.52. The first kappa shape index (κ1) is 13.8. The molecule has 1 aliphatic heterocycles. The molecule has 5 heteroatoms. The molecule has 2 aromatic rings. The first-order chi connectivity index (χ1) is 9.70. The summed E-state index contributed by atoms with van der Waals surface area (Å²) >= 11 is 5.29. The summed E-state index contributed by atoms with van der Waals surface area (Å²) in [6.07, 6.45) is 0.911. The molecule has 1 aromatic heterocycles. The molecule has 3 nitrogen and oxygen atoms in total. The number of nitrogens with one attached hydrogen (secondary N) is 2. The van der Waals surface area contributed by atoms with Crippen molar-refractivity contribution in [3.8, 4) is 0 Å². The standard InChI is InChI=1S/C15H15BrN2OS/c1-17-13(14-12(16)5-7-20-14)10-3-2-9-4-6-18-15(19)11(9)8-10/h2-3,5,7-8,13,17H,4,6H2,1H3,(H,18,19). The summed E-state index contributed by atoms with van der Waals surface area (Å²) in [5, 5.41) is 8.30. The van der Waals surface area contributed by atoms with Crippen molar-refractivity contribution in [1.82, 2.24) is 10.6 Å². The van der Waals surface area contributed by atoms with Crippen LogP contribution in [-0.4, -0.2) is 19.5 Å². The fraction of sp³-hybridized carbons (Fsp3) is 0.267. The van der Waals surface area contributed by atoms with E-state index in [4.69, 9.17) is 0 Å². The molecular weight excluding hydrogens is 336 g/mol. The lowest BCUT2D eigenvalue weighted by Gasteiger charge is -2.21. The van der Waals surface area contributed by atoms with Crippen LogP contribution in [0.1, 0.15) is 32.4 Å². The van der Waals surface area contributed by atoms with E-state index in [0.717, 1.165) is 34.1 Å². The van der Waals surface area contributed by atoms with Gasteiger partial charge in [0.2, 0.25) is 0 Å². The zero-order valence-electron chi connectivity index (χ0n) is 11.1. The van der Waals surface area contributed by atoms with Crippen molar-refractivity contribution >= 4 is 33.2 Å². The van der Waals surface area contributed by atoms with E-state index in [1.807, 2.05) is 13.1 Å². The summed E-state index contributed by atoms with van der Waals surface area (Å²) < 4.78 is 1.10. The lowest BCUT2D eigenvalue weighted by molar-refractivity contribution is 0.0946. The number of hydrogen-bond acceptors (Lipinski definition) is 3. The van der Waals surface area contributed by atoms with Crippen molar-refractivity contribution in [2.45, 2.75) is 12.5 Å². The second-order valence-corrected chi connectivity index (χ2v) is 6.58. The minimum absolute atomic E-state index is 0.0354. The van der Waals surface area contributed by atoms with Crippen molar-refractivity contribution in [2.75, 3.05) is 13.6 Å². The molecule has 2 N–H and O–H groups in total. The van der Waals surface area contributed by atoms with Gasteiger partial charge in [-0.25, -0.2) is 0 Å². The van der Waals surface area contributed by atoms with E-state index in [9.17, 15) is 4.79 Å². The minimum Gasteiger partial charge on any atom is -0.352 e. The van der Waals surface area contributed by atoms with Gasteiger partial charge in [0.1, 0.15) is 0 Å². The summed E-state index contributed by atoms with van der Waals surface area (Å²) in [4.78, 5) is 13.2. The molecule has 0 fully saturated rings. The number of carbonyl (C=O) groups is 1. The van der Waals surface area contributed by atoms with E-state index < -0.39 is 0 Å². The zero-order chi connectivity index (χ0) is 14.1. The van der Waals surface area contributed by atoms with Crippen LogP contribution < -0.4 is 10.6 Å². The Morgan fingerprint density at radius 3 is 2.95 bits per heavy atom. The molecule has 20 heavy (non-hydrogen) atoms. The van der Waals surface area contributed by atoms with E-state index in [-0.39, 0.29) is 11.9 Å². The Bertz CT molecular complexity index is 653. The van der Waals surface area contributed by atoms with Crippen LogP contribution in [0.2, 0.25) is 0 Å². The van der Waals surface area contributed by atoms with Crippen molar-refractivity contribution in [1.29, 1.82) is 0 Å². The molecule has 0 saturated heterocycles. The molecule has 0 bridgehead atoms. The maximum atomic E-state index is 12.0. The molecule has 1 unspecified atom stereocenters. The largest absolute Gasteiger partial charge is 0.352 e. The number of hydrogen-bond donors (Lipinski definition) is 2. The first-order valence-corrected chi connectivity index (χ1v) is 8.19. The second kappa shape index (κ2) is 5.68.